The summed E-state index contributed by atoms with van der Waals surface area (Å²) in [6.45, 7) is 0. The molecule has 0 saturated heterocycles. The molecule has 0 amide bonds. The van der Waals surface area contributed by atoms with E-state index >= 15 is 0 Å². The largest absolute Gasteiger partial charge is 0.451 e. The van der Waals surface area contributed by atoms with Gasteiger partial charge in [-0.25, -0.2) is 0 Å². The van der Waals surface area contributed by atoms with Crippen molar-refractivity contribution in [2.75, 3.05) is 0 Å². The SMILES string of the molecule is FC(F)(F)c1nc(Cl)n[nH]1. The van der Waals surface area contributed by atoms with Gasteiger partial charge in [-0.2, -0.15) is 18.2 Å². The second-order valence-electron chi connectivity index (χ2n) is 1.45. The smallest absolute Gasteiger partial charge is 0.254 e. The second-order valence-corrected chi connectivity index (χ2v) is 1.79. The molecule has 0 aliphatic rings. The van der Waals surface area contributed by atoms with Crippen molar-refractivity contribution in [2.45, 2.75) is 6.18 Å². The van der Waals surface area contributed by atoms with Gasteiger partial charge < -0.3 is 0 Å². The highest BCUT2D eigenvalue weighted by Gasteiger charge is 2.34. The van der Waals surface area contributed by atoms with Crippen molar-refractivity contribution >= 4 is 11.6 Å². The summed E-state index contributed by atoms with van der Waals surface area (Å²) < 4.78 is 34.8. The molecule has 10 heavy (non-hydrogen) atoms. The van der Waals surface area contributed by atoms with Crippen LogP contribution in [-0.2, 0) is 6.18 Å². The molecule has 1 aromatic heterocycles. The van der Waals surface area contributed by atoms with Gasteiger partial charge >= 0.3 is 6.18 Å². The van der Waals surface area contributed by atoms with Crippen LogP contribution in [0.1, 0.15) is 5.82 Å². The Morgan fingerprint density at radius 1 is 1.40 bits per heavy atom. The Kier molecular flexibility index (Phi) is 1.55. The molecule has 3 nitrogen and oxygen atoms in total. The molecule has 0 atom stereocenters. The Morgan fingerprint density at radius 3 is 2.20 bits per heavy atom. The zero-order chi connectivity index (χ0) is 7.78. The highest BCUT2D eigenvalue weighted by Crippen LogP contribution is 2.25. The first-order chi connectivity index (χ1) is 4.50. The molecular formula is C3HClF3N3. The molecule has 1 rings (SSSR count). The molecule has 56 valence electrons. The highest BCUT2D eigenvalue weighted by atomic mass is 35.5. The van der Waals surface area contributed by atoms with E-state index in [2.05, 4.69) is 10.1 Å². The van der Waals surface area contributed by atoms with Crippen LogP contribution in [0.3, 0.4) is 0 Å². The van der Waals surface area contributed by atoms with Crippen LogP contribution >= 0.6 is 11.6 Å². The summed E-state index contributed by atoms with van der Waals surface area (Å²) in [5.74, 6) is -1.18. The van der Waals surface area contributed by atoms with Crippen LogP contribution in [0, 0.1) is 0 Å². The van der Waals surface area contributed by atoms with Gasteiger partial charge in [0.05, 0.1) is 0 Å². The molecule has 7 heteroatoms. The molecule has 0 aromatic carbocycles. The van der Waals surface area contributed by atoms with E-state index in [4.69, 9.17) is 11.6 Å². The summed E-state index contributed by atoms with van der Waals surface area (Å²) in [4.78, 5) is 2.86. The third kappa shape index (κ3) is 1.38. The molecule has 0 aliphatic carbocycles. The van der Waals surface area contributed by atoms with E-state index in [1.54, 1.807) is 5.10 Å². The monoisotopic (exact) mass is 171 g/mol. The third-order valence-electron chi connectivity index (χ3n) is 0.727. The van der Waals surface area contributed by atoms with E-state index in [1.165, 1.54) is 0 Å². The summed E-state index contributed by atoms with van der Waals surface area (Å²) >= 11 is 5.01. The average Bonchev–Trinajstić information content (AvgIpc) is 2.11. The first-order valence-corrected chi connectivity index (χ1v) is 2.53. The Morgan fingerprint density at radius 2 is 2.00 bits per heavy atom. The first-order valence-electron chi connectivity index (χ1n) is 2.15. The molecule has 1 aromatic rings. The molecule has 0 bridgehead atoms. The van der Waals surface area contributed by atoms with Crippen molar-refractivity contribution in [2.24, 2.45) is 0 Å². The number of rotatable bonds is 0. The normalized spacial score (nSPS) is 12.0. The van der Waals surface area contributed by atoms with Gasteiger partial charge in [-0.3, -0.25) is 5.10 Å². The summed E-state index contributed by atoms with van der Waals surface area (Å²) in [6, 6.07) is 0. The van der Waals surface area contributed by atoms with Gasteiger partial charge in [-0.15, -0.1) is 5.10 Å². The number of hydrogen-bond acceptors (Lipinski definition) is 2. The topological polar surface area (TPSA) is 41.6 Å². The number of halogens is 4. The zero-order valence-corrected chi connectivity index (χ0v) is 5.16. The minimum absolute atomic E-state index is 0.438. The molecule has 0 saturated carbocycles. The predicted octanol–water partition coefficient (Wildman–Crippen LogP) is 1.48. The lowest BCUT2D eigenvalue weighted by molar-refractivity contribution is -0.144. The number of aromatic amines is 1. The maximum atomic E-state index is 11.6. The van der Waals surface area contributed by atoms with Gasteiger partial charge in [0.15, 0.2) is 0 Å². The minimum Gasteiger partial charge on any atom is -0.254 e. The average molecular weight is 172 g/mol. The third-order valence-corrected chi connectivity index (χ3v) is 0.896. The van der Waals surface area contributed by atoms with E-state index in [1.807, 2.05) is 0 Å². The molecule has 0 fully saturated rings. The van der Waals surface area contributed by atoms with Crippen LogP contribution in [0.5, 0.6) is 0 Å². The lowest BCUT2D eigenvalue weighted by Gasteiger charge is -1.97. The first kappa shape index (κ1) is 7.33. The highest BCUT2D eigenvalue weighted by molar-refractivity contribution is 6.28. The molecule has 0 radical (unpaired) electrons. The van der Waals surface area contributed by atoms with Crippen LogP contribution in [-0.4, -0.2) is 15.2 Å². The maximum absolute atomic E-state index is 11.6. The molecule has 1 N–H and O–H groups in total. The Bertz CT molecular complexity index is 229. The fourth-order valence-corrected chi connectivity index (χ4v) is 0.495. The van der Waals surface area contributed by atoms with E-state index in [9.17, 15) is 13.2 Å². The van der Waals surface area contributed by atoms with Gasteiger partial charge in [0.25, 0.3) is 0 Å². The molecule has 1 heterocycles. The van der Waals surface area contributed by atoms with Crippen LogP contribution in [0.15, 0.2) is 0 Å². The Balaban J connectivity index is 2.96. The van der Waals surface area contributed by atoms with Crippen molar-refractivity contribution in [1.82, 2.24) is 15.2 Å². The fraction of sp³-hybridized carbons (Fsp3) is 0.333. The molecular weight excluding hydrogens is 171 g/mol. The summed E-state index contributed by atoms with van der Waals surface area (Å²) in [7, 11) is 0. The Hall–Kier alpha value is -0.780. The summed E-state index contributed by atoms with van der Waals surface area (Å²) in [6.07, 6.45) is -4.50. The number of H-pyrrole nitrogens is 1. The standard InChI is InChI=1S/C3HClF3N3/c4-2-8-1(9-10-2)3(5,6)7/h(H,8,9,10). The van der Waals surface area contributed by atoms with Gasteiger partial charge in [0, 0.05) is 0 Å². The Labute approximate surface area is 58.2 Å². The van der Waals surface area contributed by atoms with Crippen molar-refractivity contribution in [3.63, 3.8) is 0 Å². The molecule has 0 unspecified atom stereocenters. The van der Waals surface area contributed by atoms with Crippen molar-refractivity contribution in [3.8, 4) is 0 Å². The number of hydrogen-bond donors (Lipinski definition) is 1. The maximum Gasteiger partial charge on any atom is 0.451 e. The van der Waals surface area contributed by atoms with Gasteiger partial charge in [0.1, 0.15) is 0 Å². The van der Waals surface area contributed by atoms with Gasteiger partial charge in [0.2, 0.25) is 11.1 Å². The summed E-state index contributed by atoms with van der Waals surface area (Å²) in [5, 5.41) is 4.18. The van der Waals surface area contributed by atoms with E-state index < -0.39 is 17.3 Å². The van der Waals surface area contributed by atoms with E-state index in [0.717, 1.165) is 0 Å². The quantitative estimate of drug-likeness (QED) is 0.642. The number of aromatic nitrogens is 3. The minimum atomic E-state index is -4.50. The van der Waals surface area contributed by atoms with E-state index in [0.29, 0.717) is 0 Å². The molecule has 0 spiro atoms. The van der Waals surface area contributed by atoms with Crippen LogP contribution in [0.2, 0.25) is 5.28 Å². The van der Waals surface area contributed by atoms with Crippen LogP contribution in [0.4, 0.5) is 13.2 Å². The second kappa shape index (κ2) is 2.12. The summed E-state index contributed by atoms with van der Waals surface area (Å²) in [5.41, 5.74) is 0. The van der Waals surface area contributed by atoms with Crippen molar-refractivity contribution < 1.29 is 13.2 Å². The van der Waals surface area contributed by atoms with Crippen molar-refractivity contribution in [1.29, 1.82) is 0 Å². The molecule has 0 aliphatic heterocycles. The van der Waals surface area contributed by atoms with E-state index in [-0.39, 0.29) is 0 Å². The predicted molar refractivity (Wildman–Crippen MR) is 26.4 cm³/mol. The fourth-order valence-electron chi connectivity index (χ4n) is 0.368. The zero-order valence-electron chi connectivity index (χ0n) is 4.41. The lowest BCUT2D eigenvalue weighted by Crippen LogP contribution is -2.07. The van der Waals surface area contributed by atoms with Gasteiger partial charge in [-0.05, 0) is 11.6 Å². The van der Waals surface area contributed by atoms with Crippen molar-refractivity contribution in [3.05, 3.63) is 11.1 Å². The number of alkyl halides is 3. The van der Waals surface area contributed by atoms with Gasteiger partial charge in [-0.1, -0.05) is 0 Å². The number of nitrogens with zero attached hydrogens (tertiary/aromatic N) is 2. The van der Waals surface area contributed by atoms with Crippen LogP contribution < -0.4 is 0 Å². The number of nitrogens with one attached hydrogen (secondary N) is 1. The lowest BCUT2D eigenvalue weighted by atomic mass is 10.6. The van der Waals surface area contributed by atoms with Crippen LogP contribution in [0.25, 0.3) is 0 Å².